The summed E-state index contributed by atoms with van der Waals surface area (Å²) in [7, 11) is 1.64. The highest BCUT2D eigenvalue weighted by molar-refractivity contribution is 5.42. The van der Waals surface area contributed by atoms with Crippen LogP contribution in [-0.4, -0.2) is 46.9 Å². The zero-order valence-corrected chi connectivity index (χ0v) is 15.4. The number of aromatic nitrogens is 4. The Kier molecular flexibility index (Phi) is 5.13. The van der Waals surface area contributed by atoms with Gasteiger partial charge in [-0.25, -0.2) is 9.97 Å². The highest BCUT2D eigenvalue weighted by Gasteiger charge is 2.28. The van der Waals surface area contributed by atoms with Crippen molar-refractivity contribution in [3.8, 4) is 0 Å². The van der Waals surface area contributed by atoms with Gasteiger partial charge in [0.05, 0.1) is 5.69 Å². The Labute approximate surface area is 148 Å². The molecule has 0 amide bonds. The van der Waals surface area contributed by atoms with Crippen molar-refractivity contribution >= 4 is 11.6 Å². The largest absolute Gasteiger partial charge is 0.377 e. The first-order valence-electron chi connectivity index (χ1n) is 8.59. The SMILES string of the molecule is COCc1nccc(NCC2CN(c3ccc(C(C)(C)C)nn3)C2)n1. The molecule has 1 saturated heterocycles. The van der Waals surface area contributed by atoms with Gasteiger partial charge < -0.3 is 15.0 Å². The Morgan fingerprint density at radius 2 is 2.00 bits per heavy atom. The van der Waals surface area contributed by atoms with Gasteiger partial charge in [-0.1, -0.05) is 20.8 Å². The number of nitrogens with zero attached hydrogens (tertiary/aromatic N) is 5. The summed E-state index contributed by atoms with van der Waals surface area (Å²) in [5.74, 6) is 3.06. The van der Waals surface area contributed by atoms with Crippen LogP contribution in [0.25, 0.3) is 0 Å². The molecular weight excluding hydrogens is 316 g/mol. The molecule has 0 bridgehead atoms. The molecule has 0 aliphatic carbocycles. The summed E-state index contributed by atoms with van der Waals surface area (Å²) >= 11 is 0. The topological polar surface area (TPSA) is 76.1 Å². The van der Waals surface area contributed by atoms with Gasteiger partial charge in [0.15, 0.2) is 11.6 Å². The van der Waals surface area contributed by atoms with Crippen LogP contribution in [0, 0.1) is 5.92 Å². The minimum Gasteiger partial charge on any atom is -0.377 e. The predicted molar refractivity (Wildman–Crippen MR) is 97.7 cm³/mol. The van der Waals surface area contributed by atoms with Crippen LogP contribution in [-0.2, 0) is 16.8 Å². The lowest BCUT2D eigenvalue weighted by Crippen LogP contribution is -2.50. The van der Waals surface area contributed by atoms with Crippen LogP contribution >= 0.6 is 0 Å². The van der Waals surface area contributed by atoms with Crippen molar-refractivity contribution in [3.05, 3.63) is 35.9 Å². The van der Waals surface area contributed by atoms with Gasteiger partial charge in [0.1, 0.15) is 12.4 Å². The second kappa shape index (κ2) is 7.31. The molecule has 3 rings (SSSR count). The Morgan fingerprint density at radius 1 is 1.20 bits per heavy atom. The lowest BCUT2D eigenvalue weighted by atomic mass is 9.92. The van der Waals surface area contributed by atoms with E-state index in [9.17, 15) is 0 Å². The quantitative estimate of drug-likeness (QED) is 0.863. The maximum absolute atomic E-state index is 5.06. The summed E-state index contributed by atoms with van der Waals surface area (Å²) in [5, 5.41) is 12.1. The van der Waals surface area contributed by atoms with Gasteiger partial charge in [0.25, 0.3) is 0 Å². The van der Waals surface area contributed by atoms with Crippen molar-refractivity contribution in [3.63, 3.8) is 0 Å². The molecule has 25 heavy (non-hydrogen) atoms. The fourth-order valence-corrected chi connectivity index (χ4v) is 2.73. The first-order chi connectivity index (χ1) is 12.0. The van der Waals surface area contributed by atoms with Crippen LogP contribution in [0.2, 0.25) is 0 Å². The van der Waals surface area contributed by atoms with Crippen molar-refractivity contribution in [1.29, 1.82) is 0 Å². The van der Waals surface area contributed by atoms with Gasteiger partial charge in [-0.3, -0.25) is 0 Å². The molecule has 0 aromatic carbocycles. The monoisotopic (exact) mass is 342 g/mol. The number of methoxy groups -OCH3 is 1. The van der Waals surface area contributed by atoms with Gasteiger partial charge in [-0.15, -0.1) is 5.10 Å². The molecule has 1 aliphatic heterocycles. The number of anilines is 2. The van der Waals surface area contributed by atoms with Gasteiger partial charge in [-0.2, -0.15) is 5.10 Å². The summed E-state index contributed by atoms with van der Waals surface area (Å²) in [4.78, 5) is 10.8. The third-order valence-electron chi connectivity index (χ3n) is 4.25. The van der Waals surface area contributed by atoms with E-state index in [1.807, 2.05) is 6.07 Å². The molecule has 0 saturated carbocycles. The van der Waals surface area contributed by atoms with Crippen LogP contribution in [0.4, 0.5) is 11.6 Å². The zero-order chi connectivity index (χ0) is 17.9. The van der Waals surface area contributed by atoms with E-state index >= 15 is 0 Å². The fourth-order valence-electron chi connectivity index (χ4n) is 2.73. The van der Waals surface area contributed by atoms with Crippen LogP contribution in [0.5, 0.6) is 0 Å². The first-order valence-corrected chi connectivity index (χ1v) is 8.59. The molecule has 1 N–H and O–H groups in total. The second-order valence-electron chi connectivity index (χ2n) is 7.47. The Bertz CT molecular complexity index is 691. The van der Waals surface area contributed by atoms with Crippen LogP contribution < -0.4 is 10.2 Å². The molecule has 7 nitrogen and oxygen atoms in total. The third kappa shape index (κ3) is 4.42. The summed E-state index contributed by atoms with van der Waals surface area (Å²) in [6, 6.07) is 6.02. The molecule has 7 heteroatoms. The lowest BCUT2D eigenvalue weighted by molar-refractivity contribution is 0.178. The molecule has 1 aliphatic rings. The van der Waals surface area contributed by atoms with Crippen molar-refractivity contribution in [2.75, 3.05) is 37.0 Å². The Hall–Kier alpha value is -2.28. The van der Waals surface area contributed by atoms with E-state index in [-0.39, 0.29) is 5.41 Å². The minimum absolute atomic E-state index is 0.0339. The van der Waals surface area contributed by atoms with Crippen molar-refractivity contribution in [2.45, 2.75) is 32.8 Å². The zero-order valence-electron chi connectivity index (χ0n) is 15.4. The highest BCUT2D eigenvalue weighted by atomic mass is 16.5. The summed E-state index contributed by atoms with van der Waals surface area (Å²) in [6.45, 7) is 9.70. The van der Waals surface area contributed by atoms with Gasteiger partial charge in [-0.05, 0) is 18.2 Å². The smallest absolute Gasteiger partial charge is 0.156 e. The maximum atomic E-state index is 5.06. The van der Waals surface area contributed by atoms with E-state index in [2.05, 4.69) is 63.3 Å². The van der Waals surface area contributed by atoms with Crippen LogP contribution in [0.1, 0.15) is 32.3 Å². The number of rotatable bonds is 6. The van der Waals surface area contributed by atoms with E-state index in [1.165, 1.54) is 0 Å². The lowest BCUT2D eigenvalue weighted by Gasteiger charge is -2.40. The number of hydrogen-bond acceptors (Lipinski definition) is 7. The molecule has 0 unspecified atom stereocenters. The molecular formula is C18H26N6O. The summed E-state index contributed by atoms with van der Waals surface area (Å²) in [5.41, 5.74) is 1.05. The van der Waals surface area contributed by atoms with Crippen molar-refractivity contribution in [2.24, 2.45) is 5.92 Å². The minimum atomic E-state index is 0.0339. The van der Waals surface area contributed by atoms with E-state index in [1.54, 1.807) is 13.3 Å². The average Bonchev–Trinajstić information content (AvgIpc) is 2.54. The Morgan fingerprint density at radius 3 is 2.64 bits per heavy atom. The standard InChI is InChI=1S/C18H26N6O/c1-18(2,3)14-5-6-17(23-22-14)24-10-13(11-24)9-20-15-7-8-19-16(21-15)12-25-4/h5-8,13H,9-12H2,1-4H3,(H,19,20,21). The second-order valence-corrected chi connectivity index (χ2v) is 7.47. The number of ether oxygens (including phenoxy) is 1. The van der Waals surface area contributed by atoms with Crippen molar-refractivity contribution in [1.82, 2.24) is 20.2 Å². The summed E-state index contributed by atoms with van der Waals surface area (Å²) in [6.07, 6.45) is 1.75. The normalized spacial score (nSPS) is 15.1. The van der Waals surface area contributed by atoms with Crippen LogP contribution in [0.15, 0.2) is 24.4 Å². The van der Waals surface area contributed by atoms with Gasteiger partial charge >= 0.3 is 0 Å². The molecule has 0 spiro atoms. The highest BCUT2D eigenvalue weighted by Crippen LogP contribution is 2.25. The Balaban J connectivity index is 1.47. The number of hydrogen-bond donors (Lipinski definition) is 1. The van der Waals surface area contributed by atoms with E-state index in [0.717, 1.165) is 37.0 Å². The first kappa shape index (κ1) is 17.5. The van der Waals surface area contributed by atoms with E-state index < -0.39 is 0 Å². The summed E-state index contributed by atoms with van der Waals surface area (Å²) < 4.78 is 5.06. The maximum Gasteiger partial charge on any atom is 0.156 e. The fraction of sp³-hybridized carbons (Fsp3) is 0.556. The van der Waals surface area contributed by atoms with E-state index in [0.29, 0.717) is 18.3 Å². The number of nitrogens with one attached hydrogen (secondary N) is 1. The molecule has 2 aromatic rings. The van der Waals surface area contributed by atoms with Crippen molar-refractivity contribution < 1.29 is 4.74 Å². The van der Waals surface area contributed by atoms with Gasteiger partial charge in [0.2, 0.25) is 0 Å². The third-order valence-corrected chi connectivity index (χ3v) is 4.25. The average molecular weight is 342 g/mol. The molecule has 1 fully saturated rings. The molecule has 134 valence electrons. The molecule has 2 aromatic heterocycles. The molecule has 3 heterocycles. The molecule has 0 atom stereocenters. The molecule has 0 radical (unpaired) electrons. The predicted octanol–water partition coefficient (Wildman–Crippen LogP) is 2.26. The van der Waals surface area contributed by atoms with Gasteiger partial charge in [0, 0.05) is 44.3 Å². The van der Waals surface area contributed by atoms with Crippen LogP contribution in [0.3, 0.4) is 0 Å². The van der Waals surface area contributed by atoms with E-state index in [4.69, 9.17) is 4.74 Å².